The smallest absolute Gasteiger partial charge is 0.255 e. The van der Waals surface area contributed by atoms with Crippen molar-refractivity contribution in [3.05, 3.63) is 64.2 Å². The van der Waals surface area contributed by atoms with Gasteiger partial charge in [-0.15, -0.1) is 0 Å². The van der Waals surface area contributed by atoms with Crippen LogP contribution in [0, 0.1) is 0 Å². The molecule has 0 heterocycles. The third-order valence-electron chi connectivity index (χ3n) is 3.69. The number of nitrogens with one attached hydrogen (secondary N) is 1. The summed E-state index contributed by atoms with van der Waals surface area (Å²) in [5.74, 6) is -0.0827. The number of benzene rings is 2. The monoisotopic (exact) mass is 285 g/mol. The summed E-state index contributed by atoms with van der Waals surface area (Å²) in [6.45, 7) is 0. The molecule has 2 aromatic carbocycles. The molecule has 0 aliphatic heterocycles. The van der Waals surface area contributed by atoms with E-state index in [1.165, 1.54) is 24.0 Å². The van der Waals surface area contributed by atoms with Crippen LogP contribution in [0.3, 0.4) is 0 Å². The Balaban J connectivity index is 1.80. The topological polar surface area (TPSA) is 29.1 Å². The number of anilines is 1. The second kappa shape index (κ2) is 5.68. The molecule has 102 valence electrons. The summed E-state index contributed by atoms with van der Waals surface area (Å²) in [7, 11) is 0. The standard InChI is InChI=1S/C17H16ClNO/c18-15-6-3-7-16(11-15)19-17(20)14-9-8-12-4-1-2-5-13(12)10-14/h3,6-11H,1-2,4-5H2,(H,19,20). The molecule has 0 aromatic heterocycles. The fourth-order valence-electron chi connectivity index (χ4n) is 2.64. The van der Waals surface area contributed by atoms with E-state index in [1.807, 2.05) is 24.3 Å². The zero-order chi connectivity index (χ0) is 13.9. The maximum Gasteiger partial charge on any atom is 0.255 e. The molecule has 0 saturated heterocycles. The quantitative estimate of drug-likeness (QED) is 0.866. The first-order valence-corrected chi connectivity index (χ1v) is 7.29. The van der Waals surface area contributed by atoms with Gasteiger partial charge >= 0.3 is 0 Å². The van der Waals surface area contributed by atoms with Gasteiger partial charge in [0.2, 0.25) is 0 Å². The molecule has 2 aromatic rings. The Morgan fingerprint density at radius 1 is 1.00 bits per heavy atom. The molecule has 0 bridgehead atoms. The van der Waals surface area contributed by atoms with Gasteiger partial charge in [-0.1, -0.05) is 23.7 Å². The normalized spacial score (nSPS) is 13.7. The number of hydrogen-bond acceptors (Lipinski definition) is 1. The van der Waals surface area contributed by atoms with Gasteiger partial charge in [0.1, 0.15) is 0 Å². The molecule has 2 nitrogen and oxygen atoms in total. The maximum absolute atomic E-state index is 12.3. The highest BCUT2D eigenvalue weighted by atomic mass is 35.5. The molecule has 3 heteroatoms. The average molecular weight is 286 g/mol. The molecule has 0 saturated carbocycles. The summed E-state index contributed by atoms with van der Waals surface area (Å²) in [6, 6.07) is 13.2. The first-order chi connectivity index (χ1) is 9.72. The number of aryl methyl sites for hydroxylation is 2. The number of rotatable bonds is 2. The van der Waals surface area contributed by atoms with Crippen LogP contribution in [0.4, 0.5) is 5.69 Å². The van der Waals surface area contributed by atoms with Crippen molar-refractivity contribution in [3.63, 3.8) is 0 Å². The third-order valence-corrected chi connectivity index (χ3v) is 3.93. The van der Waals surface area contributed by atoms with E-state index in [0.29, 0.717) is 10.6 Å². The lowest BCUT2D eigenvalue weighted by Crippen LogP contribution is -2.13. The van der Waals surface area contributed by atoms with E-state index in [4.69, 9.17) is 11.6 Å². The van der Waals surface area contributed by atoms with Crippen LogP contribution in [0.1, 0.15) is 34.3 Å². The van der Waals surface area contributed by atoms with E-state index in [-0.39, 0.29) is 5.91 Å². The van der Waals surface area contributed by atoms with Crippen LogP contribution in [0.15, 0.2) is 42.5 Å². The lowest BCUT2D eigenvalue weighted by Gasteiger charge is -2.16. The SMILES string of the molecule is O=C(Nc1cccc(Cl)c1)c1ccc2c(c1)CCCC2. The minimum absolute atomic E-state index is 0.0827. The van der Waals surface area contributed by atoms with Gasteiger partial charge in [0.25, 0.3) is 5.91 Å². The number of carbonyl (C=O) groups excluding carboxylic acids is 1. The largest absolute Gasteiger partial charge is 0.322 e. The summed E-state index contributed by atoms with van der Waals surface area (Å²) in [5.41, 5.74) is 4.14. The fraction of sp³-hybridized carbons (Fsp3) is 0.235. The van der Waals surface area contributed by atoms with Gasteiger partial charge < -0.3 is 5.32 Å². The van der Waals surface area contributed by atoms with Crippen molar-refractivity contribution >= 4 is 23.2 Å². The van der Waals surface area contributed by atoms with Gasteiger partial charge in [-0.2, -0.15) is 0 Å². The maximum atomic E-state index is 12.3. The summed E-state index contributed by atoms with van der Waals surface area (Å²) >= 11 is 5.92. The van der Waals surface area contributed by atoms with Crippen molar-refractivity contribution in [2.45, 2.75) is 25.7 Å². The van der Waals surface area contributed by atoms with E-state index in [2.05, 4.69) is 11.4 Å². The Morgan fingerprint density at radius 3 is 2.60 bits per heavy atom. The molecule has 0 atom stereocenters. The predicted octanol–water partition coefficient (Wildman–Crippen LogP) is 4.47. The van der Waals surface area contributed by atoms with Gasteiger partial charge in [0, 0.05) is 16.3 Å². The van der Waals surface area contributed by atoms with Crippen LogP contribution in [0.25, 0.3) is 0 Å². The Hall–Kier alpha value is -1.80. The molecule has 1 N–H and O–H groups in total. The van der Waals surface area contributed by atoms with E-state index in [9.17, 15) is 4.79 Å². The van der Waals surface area contributed by atoms with Crippen molar-refractivity contribution in [2.24, 2.45) is 0 Å². The molecular formula is C17H16ClNO. The summed E-state index contributed by atoms with van der Waals surface area (Å²) < 4.78 is 0. The highest BCUT2D eigenvalue weighted by Gasteiger charge is 2.13. The van der Waals surface area contributed by atoms with Crippen molar-refractivity contribution in [2.75, 3.05) is 5.32 Å². The molecule has 0 spiro atoms. The molecule has 3 rings (SSSR count). The van der Waals surface area contributed by atoms with Gasteiger partial charge in [-0.3, -0.25) is 4.79 Å². The molecule has 1 aliphatic carbocycles. The zero-order valence-electron chi connectivity index (χ0n) is 11.2. The molecule has 0 unspecified atom stereocenters. The van der Waals surface area contributed by atoms with Crippen LogP contribution in [0.2, 0.25) is 5.02 Å². The number of carbonyl (C=O) groups is 1. The van der Waals surface area contributed by atoms with E-state index < -0.39 is 0 Å². The number of hydrogen-bond donors (Lipinski definition) is 1. The zero-order valence-corrected chi connectivity index (χ0v) is 11.9. The van der Waals surface area contributed by atoms with Crippen molar-refractivity contribution < 1.29 is 4.79 Å². The molecule has 1 amide bonds. The van der Waals surface area contributed by atoms with Gasteiger partial charge in [-0.25, -0.2) is 0 Å². The van der Waals surface area contributed by atoms with E-state index in [0.717, 1.165) is 18.5 Å². The van der Waals surface area contributed by atoms with Crippen LogP contribution in [0.5, 0.6) is 0 Å². The second-order valence-corrected chi connectivity index (χ2v) is 5.59. The first kappa shape index (κ1) is 13.2. The van der Waals surface area contributed by atoms with Gasteiger partial charge in [0.15, 0.2) is 0 Å². The number of halogens is 1. The lowest BCUT2D eigenvalue weighted by atomic mass is 9.90. The predicted molar refractivity (Wildman–Crippen MR) is 82.5 cm³/mol. The minimum atomic E-state index is -0.0827. The van der Waals surface area contributed by atoms with Crippen molar-refractivity contribution in [1.29, 1.82) is 0 Å². The third kappa shape index (κ3) is 2.86. The van der Waals surface area contributed by atoms with Crippen LogP contribution in [-0.2, 0) is 12.8 Å². The first-order valence-electron chi connectivity index (χ1n) is 6.91. The van der Waals surface area contributed by atoms with Crippen LogP contribution >= 0.6 is 11.6 Å². The molecular weight excluding hydrogens is 270 g/mol. The molecule has 0 fully saturated rings. The summed E-state index contributed by atoms with van der Waals surface area (Å²) in [5, 5.41) is 3.50. The summed E-state index contributed by atoms with van der Waals surface area (Å²) in [6.07, 6.45) is 4.67. The number of amides is 1. The van der Waals surface area contributed by atoms with Crippen LogP contribution in [-0.4, -0.2) is 5.91 Å². The number of fused-ring (bicyclic) bond motifs is 1. The van der Waals surface area contributed by atoms with E-state index >= 15 is 0 Å². The Labute approximate surface area is 123 Å². The highest BCUT2D eigenvalue weighted by Crippen LogP contribution is 2.23. The highest BCUT2D eigenvalue weighted by molar-refractivity contribution is 6.30. The lowest BCUT2D eigenvalue weighted by molar-refractivity contribution is 0.102. The van der Waals surface area contributed by atoms with Crippen molar-refractivity contribution in [3.8, 4) is 0 Å². The van der Waals surface area contributed by atoms with Gasteiger partial charge in [-0.05, 0) is 67.1 Å². The van der Waals surface area contributed by atoms with Crippen LogP contribution < -0.4 is 5.32 Å². The molecule has 20 heavy (non-hydrogen) atoms. The Morgan fingerprint density at radius 2 is 1.80 bits per heavy atom. The van der Waals surface area contributed by atoms with Crippen molar-refractivity contribution in [1.82, 2.24) is 0 Å². The van der Waals surface area contributed by atoms with E-state index in [1.54, 1.807) is 12.1 Å². The average Bonchev–Trinajstić information content (AvgIpc) is 2.47. The summed E-state index contributed by atoms with van der Waals surface area (Å²) in [4.78, 5) is 12.3. The molecule has 1 aliphatic rings. The Bertz CT molecular complexity index is 651. The molecule has 0 radical (unpaired) electrons. The second-order valence-electron chi connectivity index (χ2n) is 5.16. The minimum Gasteiger partial charge on any atom is -0.322 e. The Kier molecular flexibility index (Phi) is 3.75. The van der Waals surface area contributed by atoms with Gasteiger partial charge in [0.05, 0.1) is 0 Å². The fourth-order valence-corrected chi connectivity index (χ4v) is 2.83.